The second-order valence-corrected chi connectivity index (χ2v) is 4.95. The van der Waals surface area contributed by atoms with E-state index in [9.17, 15) is 4.79 Å². The third kappa shape index (κ3) is 5.30. The van der Waals surface area contributed by atoms with Gasteiger partial charge in [0.2, 0.25) is 0 Å². The topological polar surface area (TPSA) is 38.3 Å². The number of carbonyl (C=O) groups is 1. The molecule has 0 aliphatic rings. The minimum Gasteiger partial charge on any atom is -0.481 e. The number of benzene rings is 2. The fourth-order valence-corrected chi connectivity index (χ4v) is 2.05. The van der Waals surface area contributed by atoms with Gasteiger partial charge in [-0.05, 0) is 37.5 Å². The molecule has 0 aromatic heterocycles. The fraction of sp³-hybridized carbons (Fsp3) is 0.278. The Balaban J connectivity index is 1.67. The quantitative estimate of drug-likeness (QED) is 0.792. The van der Waals surface area contributed by atoms with Gasteiger partial charge < -0.3 is 10.1 Å². The van der Waals surface area contributed by atoms with E-state index < -0.39 is 6.10 Å². The second-order valence-electron chi connectivity index (χ2n) is 4.95. The first-order chi connectivity index (χ1) is 10.3. The Morgan fingerprint density at radius 3 is 2.33 bits per heavy atom. The molecule has 0 aliphatic carbocycles. The predicted octanol–water partition coefficient (Wildman–Crippen LogP) is 3.20. The number of para-hydroxylation sites is 1. The highest BCUT2D eigenvalue weighted by atomic mass is 16.5. The number of hydrogen-bond acceptors (Lipinski definition) is 2. The average Bonchev–Trinajstić information content (AvgIpc) is 2.53. The van der Waals surface area contributed by atoms with Crippen molar-refractivity contribution in [2.24, 2.45) is 0 Å². The van der Waals surface area contributed by atoms with Crippen LogP contribution < -0.4 is 10.1 Å². The zero-order valence-corrected chi connectivity index (χ0v) is 12.3. The van der Waals surface area contributed by atoms with Crippen LogP contribution in [0.25, 0.3) is 0 Å². The highest BCUT2D eigenvalue weighted by molar-refractivity contribution is 5.80. The maximum Gasteiger partial charge on any atom is 0.260 e. The molecule has 2 rings (SSSR count). The Bertz CT molecular complexity index is 540. The SMILES string of the molecule is CC(Oc1ccccc1)C(=O)NCCCc1ccccc1. The van der Waals surface area contributed by atoms with Gasteiger partial charge in [-0.2, -0.15) is 0 Å². The molecule has 0 bridgehead atoms. The lowest BCUT2D eigenvalue weighted by Gasteiger charge is -2.14. The van der Waals surface area contributed by atoms with Gasteiger partial charge in [0.25, 0.3) is 5.91 Å². The lowest BCUT2D eigenvalue weighted by molar-refractivity contribution is -0.127. The summed E-state index contributed by atoms with van der Waals surface area (Å²) in [6, 6.07) is 19.7. The molecule has 0 aliphatic heterocycles. The van der Waals surface area contributed by atoms with E-state index in [1.54, 1.807) is 6.92 Å². The molecule has 1 N–H and O–H groups in total. The molecule has 1 unspecified atom stereocenters. The zero-order valence-electron chi connectivity index (χ0n) is 12.3. The van der Waals surface area contributed by atoms with Crippen molar-refractivity contribution in [2.45, 2.75) is 25.9 Å². The van der Waals surface area contributed by atoms with Gasteiger partial charge in [0, 0.05) is 6.54 Å². The first-order valence-corrected chi connectivity index (χ1v) is 7.29. The van der Waals surface area contributed by atoms with E-state index in [2.05, 4.69) is 17.4 Å². The van der Waals surface area contributed by atoms with E-state index in [1.165, 1.54) is 5.56 Å². The number of aryl methyl sites for hydroxylation is 1. The molecule has 1 amide bonds. The summed E-state index contributed by atoms with van der Waals surface area (Å²) in [5.41, 5.74) is 1.29. The van der Waals surface area contributed by atoms with Crippen LogP contribution in [0.3, 0.4) is 0 Å². The van der Waals surface area contributed by atoms with Crippen LogP contribution in [-0.4, -0.2) is 18.6 Å². The number of hydrogen-bond donors (Lipinski definition) is 1. The zero-order chi connectivity index (χ0) is 14.9. The van der Waals surface area contributed by atoms with Crippen molar-refractivity contribution in [3.05, 3.63) is 66.2 Å². The Morgan fingerprint density at radius 2 is 1.67 bits per heavy atom. The molecule has 0 saturated carbocycles. The lowest BCUT2D eigenvalue weighted by Crippen LogP contribution is -2.36. The maximum absolute atomic E-state index is 11.9. The second kappa shape index (κ2) is 8.10. The van der Waals surface area contributed by atoms with E-state index in [-0.39, 0.29) is 5.91 Å². The van der Waals surface area contributed by atoms with Crippen molar-refractivity contribution in [3.8, 4) is 5.75 Å². The van der Waals surface area contributed by atoms with Gasteiger partial charge in [0.15, 0.2) is 6.10 Å². The van der Waals surface area contributed by atoms with Crippen LogP contribution in [-0.2, 0) is 11.2 Å². The van der Waals surface area contributed by atoms with Gasteiger partial charge >= 0.3 is 0 Å². The first kappa shape index (κ1) is 15.1. The summed E-state index contributed by atoms with van der Waals surface area (Å²) >= 11 is 0. The summed E-state index contributed by atoms with van der Waals surface area (Å²) in [6.07, 6.45) is 1.41. The molecule has 0 heterocycles. The Hall–Kier alpha value is -2.29. The largest absolute Gasteiger partial charge is 0.481 e. The van der Waals surface area contributed by atoms with Gasteiger partial charge in [-0.1, -0.05) is 48.5 Å². The van der Waals surface area contributed by atoms with E-state index >= 15 is 0 Å². The van der Waals surface area contributed by atoms with Crippen molar-refractivity contribution in [1.82, 2.24) is 5.32 Å². The van der Waals surface area contributed by atoms with Gasteiger partial charge in [-0.3, -0.25) is 4.79 Å². The van der Waals surface area contributed by atoms with E-state index in [1.807, 2.05) is 48.5 Å². The summed E-state index contributed by atoms with van der Waals surface area (Å²) in [5, 5.41) is 2.91. The van der Waals surface area contributed by atoms with Crippen molar-refractivity contribution in [3.63, 3.8) is 0 Å². The molecule has 21 heavy (non-hydrogen) atoms. The van der Waals surface area contributed by atoms with Gasteiger partial charge in [0.1, 0.15) is 5.75 Å². The molecule has 0 fully saturated rings. The summed E-state index contributed by atoms with van der Waals surface area (Å²) in [5.74, 6) is 0.636. The van der Waals surface area contributed by atoms with E-state index in [0.29, 0.717) is 12.3 Å². The Labute approximate surface area is 126 Å². The van der Waals surface area contributed by atoms with E-state index in [4.69, 9.17) is 4.74 Å². The molecular formula is C18H21NO2. The molecule has 2 aromatic carbocycles. The summed E-state index contributed by atoms with van der Waals surface area (Å²) in [6.45, 7) is 2.43. The maximum atomic E-state index is 11.9. The highest BCUT2D eigenvalue weighted by Gasteiger charge is 2.13. The van der Waals surface area contributed by atoms with Crippen LogP contribution >= 0.6 is 0 Å². The van der Waals surface area contributed by atoms with Crippen LogP contribution in [0.1, 0.15) is 18.9 Å². The monoisotopic (exact) mass is 283 g/mol. The normalized spacial score (nSPS) is 11.7. The van der Waals surface area contributed by atoms with Crippen molar-refractivity contribution in [1.29, 1.82) is 0 Å². The number of rotatable bonds is 7. The third-order valence-electron chi connectivity index (χ3n) is 3.21. The summed E-state index contributed by atoms with van der Waals surface area (Å²) in [4.78, 5) is 11.9. The molecular weight excluding hydrogens is 262 g/mol. The highest BCUT2D eigenvalue weighted by Crippen LogP contribution is 2.10. The van der Waals surface area contributed by atoms with Gasteiger partial charge in [-0.15, -0.1) is 0 Å². The van der Waals surface area contributed by atoms with Gasteiger partial charge in [0.05, 0.1) is 0 Å². The molecule has 1 atom stereocenters. The molecule has 110 valence electrons. The minimum absolute atomic E-state index is 0.0769. The first-order valence-electron chi connectivity index (χ1n) is 7.29. The lowest BCUT2D eigenvalue weighted by atomic mass is 10.1. The Kier molecular flexibility index (Phi) is 5.83. The van der Waals surface area contributed by atoms with Crippen molar-refractivity contribution < 1.29 is 9.53 Å². The molecule has 3 heteroatoms. The molecule has 2 aromatic rings. The summed E-state index contributed by atoms with van der Waals surface area (Å²) in [7, 11) is 0. The third-order valence-corrected chi connectivity index (χ3v) is 3.21. The average molecular weight is 283 g/mol. The van der Waals surface area contributed by atoms with Crippen LogP contribution in [0.4, 0.5) is 0 Å². The van der Waals surface area contributed by atoms with Crippen LogP contribution in [0.15, 0.2) is 60.7 Å². The van der Waals surface area contributed by atoms with Crippen LogP contribution in [0.5, 0.6) is 5.75 Å². The van der Waals surface area contributed by atoms with Crippen molar-refractivity contribution >= 4 is 5.91 Å². The van der Waals surface area contributed by atoms with Crippen molar-refractivity contribution in [2.75, 3.05) is 6.54 Å². The Morgan fingerprint density at radius 1 is 1.05 bits per heavy atom. The smallest absolute Gasteiger partial charge is 0.260 e. The van der Waals surface area contributed by atoms with Crippen LogP contribution in [0, 0.1) is 0 Å². The van der Waals surface area contributed by atoms with E-state index in [0.717, 1.165) is 12.8 Å². The molecule has 3 nitrogen and oxygen atoms in total. The minimum atomic E-state index is -0.482. The summed E-state index contributed by atoms with van der Waals surface area (Å²) < 4.78 is 5.58. The number of amides is 1. The predicted molar refractivity (Wildman–Crippen MR) is 84.3 cm³/mol. The van der Waals surface area contributed by atoms with Crippen LogP contribution in [0.2, 0.25) is 0 Å². The molecule has 0 radical (unpaired) electrons. The fourth-order valence-electron chi connectivity index (χ4n) is 2.05. The van der Waals surface area contributed by atoms with Gasteiger partial charge in [-0.25, -0.2) is 0 Å². The number of ether oxygens (including phenoxy) is 1. The molecule has 0 spiro atoms. The number of carbonyl (C=O) groups excluding carboxylic acids is 1. The number of nitrogens with one attached hydrogen (secondary N) is 1. The standard InChI is InChI=1S/C18H21NO2/c1-15(21-17-12-6-3-7-13-17)18(20)19-14-8-11-16-9-4-2-5-10-16/h2-7,9-10,12-13,15H,8,11,14H2,1H3,(H,19,20). The molecule has 0 saturated heterocycles.